The van der Waals surface area contributed by atoms with Gasteiger partial charge in [-0.15, -0.1) is 11.3 Å². The van der Waals surface area contributed by atoms with E-state index in [2.05, 4.69) is 15.5 Å². The van der Waals surface area contributed by atoms with Gasteiger partial charge in [0.05, 0.1) is 5.56 Å². The summed E-state index contributed by atoms with van der Waals surface area (Å²) in [5, 5.41) is 16.4. The van der Waals surface area contributed by atoms with Crippen LogP contribution in [0.4, 0.5) is 14.6 Å². The van der Waals surface area contributed by atoms with E-state index in [4.69, 9.17) is 14.4 Å². The van der Waals surface area contributed by atoms with Gasteiger partial charge < -0.3 is 14.4 Å². The number of likely N-dealkylation sites (tertiary alicyclic amines) is 1. The number of thiophene rings is 1. The Kier molecular flexibility index (Phi) is 5.21. The molecule has 28 heavy (non-hydrogen) atoms. The lowest BCUT2D eigenvalue weighted by atomic mass is 10.1. The number of nitrogens with zero attached hydrogens (tertiary/aromatic N) is 3. The number of hydrogen-bond acceptors (Lipinski definition) is 7. The van der Waals surface area contributed by atoms with Gasteiger partial charge in [-0.25, -0.2) is 9.59 Å². The minimum atomic E-state index is -1.38. The van der Waals surface area contributed by atoms with Crippen molar-refractivity contribution in [2.45, 2.75) is 58.1 Å². The largest absolute Gasteiger partial charge is 0.507 e. The molecule has 0 unspecified atom stereocenters. The SMILES string of the molecule is Cc1noc(-c2c(NC(=O)N3CCC[C@H]3OC(=O)O)sc3c2CCCCC3)n1. The molecule has 9 nitrogen and oxygen atoms in total. The molecule has 1 saturated heterocycles. The fourth-order valence-electron chi connectivity index (χ4n) is 3.83. The van der Waals surface area contributed by atoms with Gasteiger partial charge in [-0.1, -0.05) is 11.6 Å². The molecule has 0 saturated carbocycles. The third kappa shape index (κ3) is 3.68. The highest BCUT2D eigenvalue weighted by Crippen LogP contribution is 2.43. The van der Waals surface area contributed by atoms with Crippen LogP contribution >= 0.6 is 11.3 Å². The van der Waals surface area contributed by atoms with Gasteiger partial charge in [-0.05, 0) is 44.6 Å². The molecule has 1 aliphatic heterocycles. The first-order valence-electron chi connectivity index (χ1n) is 9.45. The summed E-state index contributed by atoms with van der Waals surface area (Å²) in [6, 6.07) is -0.377. The Morgan fingerprint density at radius 3 is 2.86 bits per heavy atom. The zero-order chi connectivity index (χ0) is 19.7. The van der Waals surface area contributed by atoms with Gasteiger partial charge in [0, 0.05) is 17.8 Å². The summed E-state index contributed by atoms with van der Waals surface area (Å²) >= 11 is 1.54. The molecule has 10 heteroatoms. The van der Waals surface area contributed by atoms with E-state index in [-0.39, 0.29) is 6.03 Å². The van der Waals surface area contributed by atoms with Crippen LogP contribution in [0.1, 0.15) is 48.4 Å². The number of anilines is 1. The van der Waals surface area contributed by atoms with E-state index >= 15 is 0 Å². The highest BCUT2D eigenvalue weighted by Gasteiger charge is 2.33. The number of carbonyl (C=O) groups is 2. The van der Waals surface area contributed by atoms with E-state index in [1.54, 1.807) is 6.92 Å². The van der Waals surface area contributed by atoms with Gasteiger partial charge >= 0.3 is 12.2 Å². The summed E-state index contributed by atoms with van der Waals surface area (Å²) in [5.74, 6) is 0.947. The molecule has 0 spiro atoms. The number of fused-ring (bicyclic) bond motifs is 1. The van der Waals surface area contributed by atoms with Crippen LogP contribution in [0, 0.1) is 6.92 Å². The number of urea groups is 1. The van der Waals surface area contributed by atoms with Crippen LogP contribution in [0.25, 0.3) is 11.5 Å². The number of hydrogen-bond donors (Lipinski definition) is 2. The predicted molar refractivity (Wildman–Crippen MR) is 101 cm³/mol. The molecular weight excluding hydrogens is 384 g/mol. The third-order valence-electron chi connectivity index (χ3n) is 5.08. The highest BCUT2D eigenvalue weighted by molar-refractivity contribution is 7.17. The highest BCUT2D eigenvalue weighted by atomic mass is 32.1. The van der Waals surface area contributed by atoms with E-state index in [0.29, 0.717) is 36.1 Å². The number of amides is 2. The number of nitrogens with one attached hydrogen (secondary N) is 1. The molecule has 0 radical (unpaired) electrons. The zero-order valence-corrected chi connectivity index (χ0v) is 16.4. The Morgan fingerprint density at radius 1 is 1.29 bits per heavy atom. The van der Waals surface area contributed by atoms with E-state index in [0.717, 1.165) is 31.2 Å². The molecule has 2 amide bonds. The van der Waals surface area contributed by atoms with Crippen LogP contribution in [0.2, 0.25) is 0 Å². The predicted octanol–water partition coefficient (Wildman–Crippen LogP) is 4.02. The Labute approximate surface area is 165 Å². The maximum Gasteiger partial charge on any atom is 0.507 e. The van der Waals surface area contributed by atoms with Crippen molar-refractivity contribution >= 4 is 28.5 Å². The van der Waals surface area contributed by atoms with Crippen LogP contribution in [0.15, 0.2) is 4.52 Å². The molecule has 1 atom stereocenters. The summed E-state index contributed by atoms with van der Waals surface area (Å²) < 4.78 is 10.3. The van der Waals surface area contributed by atoms with E-state index in [1.807, 2.05) is 0 Å². The van der Waals surface area contributed by atoms with Gasteiger partial charge in [-0.2, -0.15) is 4.98 Å². The molecule has 0 aromatic carbocycles. The second-order valence-corrected chi connectivity index (χ2v) is 8.12. The Balaban J connectivity index is 1.64. The quantitative estimate of drug-likeness (QED) is 0.584. The van der Waals surface area contributed by atoms with Crippen molar-refractivity contribution in [3.63, 3.8) is 0 Å². The fourth-order valence-corrected chi connectivity index (χ4v) is 5.10. The molecule has 0 bridgehead atoms. The standard InChI is InChI=1S/C18H22N4O5S/c1-10-19-15(27-21-10)14-11-6-3-2-4-7-12(11)28-16(14)20-17(23)22-9-5-8-13(22)26-18(24)25/h13H,2-9H2,1H3,(H,20,23)(H,24,25)/t13-/m1/s1. The molecule has 2 N–H and O–H groups in total. The van der Waals surface area contributed by atoms with Crippen LogP contribution in [0.5, 0.6) is 0 Å². The lowest BCUT2D eigenvalue weighted by molar-refractivity contribution is 0.00507. The van der Waals surface area contributed by atoms with Gasteiger partial charge in [0.2, 0.25) is 0 Å². The topological polar surface area (TPSA) is 118 Å². The zero-order valence-electron chi connectivity index (χ0n) is 15.6. The molecule has 1 fully saturated rings. The first kappa shape index (κ1) is 18.7. The van der Waals surface area contributed by atoms with E-state index in [1.165, 1.54) is 33.1 Å². The summed E-state index contributed by atoms with van der Waals surface area (Å²) in [6.07, 6.45) is 4.30. The summed E-state index contributed by atoms with van der Waals surface area (Å²) in [7, 11) is 0. The minimum absolute atomic E-state index is 0.377. The van der Waals surface area contributed by atoms with Gasteiger partial charge in [0.25, 0.3) is 5.89 Å². The van der Waals surface area contributed by atoms with Gasteiger partial charge in [0.15, 0.2) is 12.1 Å². The lowest BCUT2D eigenvalue weighted by Crippen LogP contribution is -2.40. The fraction of sp³-hybridized carbons (Fsp3) is 0.556. The average Bonchev–Trinajstić information content (AvgIpc) is 3.30. The molecule has 2 aromatic heterocycles. The van der Waals surface area contributed by atoms with Crippen molar-refractivity contribution in [1.29, 1.82) is 0 Å². The third-order valence-corrected chi connectivity index (χ3v) is 6.29. The monoisotopic (exact) mass is 406 g/mol. The molecule has 3 heterocycles. The second kappa shape index (κ2) is 7.78. The first-order chi connectivity index (χ1) is 13.5. The number of aryl methyl sites for hydroxylation is 2. The maximum atomic E-state index is 12.9. The van der Waals surface area contributed by atoms with Crippen molar-refractivity contribution in [3.8, 4) is 11.5 Å². The Morgan fingerprint density at radius 2 is 2.11 bits per heavy atom. The van der Waals surface area contributed by atoms with Crippen molar-refractivity contribution < 1.29 is 24.0 Å². The van der Waals surface area contributed by atoms with Crippen molar-refractivity contribution in [1.82, 2.24) is 15.0 Å². The molecule has 1 aliphatic carbocycles. The first-order valence-corrected chi connectivity index (χ1v) is 10.3. The van der Waals surface area contributed by atoms with Crippen LogP contribution in [0.3, 0.4) is 0 Å². The molecule has 2 aliphatic rings. The number of aromatic nitrogens is 2. The number of ether oxygens (including phenoxy) is 1. The van der Waals surface area contributed by atoms with Crippen molar-refractivity contribution in [2.24, 2.45) is 0 Å². The van der Waals surface area contributed by atoms with Crippen molar-refractivity contribution in [2.75, 3.05) is 11.9 Å². The van der Waals surface area contributed by atoms with Crippen LogP contribution in [-0.4, -0.2) is 45.1 Å². The van der Waals surface area contributed by atoms with Crippen LogP contribution in [-0.2, 0) is 17.6 Å². The number of carbonyl (C=O) groups excluding carboxylic acids is 1. The lowest BCUT2D eigenvalue weighted by Gasteiger charge is -2.23. The summed E-state index contributed by atoms with van der Waals surface area (Å²) in [5.41, 5.74) is 1.96. The van der Waals surface area contributed by atoms with Gasteiger partial charge in [0.1, 0.15) is 5.00 Å². The summed E-state index contributed by atoms with van der Waals surface area (Å²) in [4.78, 5) is 30.8. The number of carboxylic acid groups (broad SMARTS) is 1. The minimum Gasteiger partial charge on any atom is -0.450 e. The second-order valence-electron chi connectivity index (χ2n) is 7.02. The van der Waals surface area contributed by atoms with E-state index in [9.17, 15) is 9.59 Å². The van der Waals surface area contributed by atoms with Crippen molar-refractivity contribution in [3.05, 3.63) is 16.3 Å². The summed E-state index contributed by atoms with van der Waals surface area (Å²) in [6.45, 7) is 2.21. The van der Waals surface area contributed by atoms with Crippen LogP contribution < -0.4 is 5.32 Å². The normalized spacial score (nSPS) is 19.2. The smallest absolute Gasteiger partial charge is 0.450 e. The molecule has 150 valence electrons. The Bertz CT molecular complexity index is 893. The van der Waals surface area contributed by atoms with Gasteiger partial charge in [-0.3, -0.25) is 10.2 Å². The molecule has 2 aromatic rings. The average molecular weight is 406 g/mol. The molecular formula is C18H22N4O5S. The van der Waals surface area contributed by atoms with E-state index < -0.39 is 12.4 Å². The molecule has 4 rings (SSSR count). The number of rotatable bonds is 3. The Hall–Kier alpha value is -2.62. The maximum absolute atomic E-state index is 12.9.